The van der Waals surface area contributed by atoms with E-state index in [9.17, 15) is 9.90 Å². The molecule has 0 bridgehead atoms. The third kappa shape index (κ3) is 2.84. The summed E-state index contributed by atoms with van der Waals surface area (Å²) >= 11 is 0. The minimum Gasteiger partial charge on any atom is -0.480 e. The minimum absolute atomic E-state index is 0.0551. The largest absolute Gasteiger partial charge is 0.480 e. The SMILES string of the molecule is CC1=CC(C)C(C2OCC(C(=O)O)N2C(C)C)CC1. The molecule has 4 unspecified atom stereocenters. The van der Waals surface area contributed by atoms with Gasteiger partial charge >= 0.3 is 5.97 Å². The fourth-order valence-corrected chi connectivity index (χ4v) is 3.45. The highest BCUT2D eigenvalue weighted by Gasteiger charge is 2.45. The molecule has 4 heteroatoms. The highest BCUT2D eigenvalue weighted by molar-refractivity contribution is 5.74. The van der Waals surface area contributed by atoms with Crippen LogP contribution in [0.3, 0.4) is 0 Å². The van der Waals surface area contributed by atoms with Gasteiger partial charge in [0.15, 0.2) is 0 Å². The van der Waals surface area contributed by atoms with Crippen molar-refractivity contribution in [1.82, 2.24) is 4.90 Å². The predicted octanol–water partition coefficient (Wildman–Crippen LogP) is 2.50. The Kier molecular flexibility index (Phi) is 4.31. The lowest BCUT2D eigenvalue weighted by atomic mass is 9.80. The topological polar surface area (TPSA) is 49.8 Å². The molecule has 0 aromatic carbocycles. The number of carbonyl (C=O) groups is 1. The molecule has 0 saturated carbocycles. The molecule has 1 N–H and O–H groups in total. The molecule has 1 aliphatic carbocycles. The molecule has 2 rings (SSSR count). The van der Waals surface area contributed by atoms with Crippen molar-refractivity contribution < 1.29 is 14.6 Å². The summed E-state index contributed by atoms with van der Waals surface area (Å²) in [6, 6.07) is -0.308. The molecule has 1 fully saturated rings. The molecular formula is C15H25NO3. The first-order valence-electron chi connectivity index (χ1n) is 7.21. The summed E-state index contributed by atoms with van der Waals surface area (Å²) < 4.78 is 5.86. The van der Waals surface area contributed by atoms with E-state index >= 15 is 0 Å². The van der Waals surface area contributed by atoms with Gasteiger partial charge in [0.25, 0.3) is 0 Å². The molecule has 4 nitrogen and oxygen atoms in total. The molecule has 0 aromatic rings. The Labute approximate surface area is 115 Å². The Hall–Kier alpha value is -0.870. The van der Waals surface area contributed by atoms with Crippen molar-refractivity contribution in [3.8, 4) is 0 Å². The number of nitrogens with zero attached hydrogens (tertiary/aromatic N) is 1. The number of carboxylic acids is 1. The van der Waals surface area contributed by atoms with Gasteiger partial charge in [-0.1, -0.05) is 18.6 Å². The Bertz CT molecular complexity index is 378. The van der Waals surface area contributed by atoms with E-state index < -0.39 is 12.0 Å². The second-order valence-electron chi connectivity index (χ2n) is 6.19. The Morgan fingerprint density at radius 2 is 2.21 bits per heavy atom. The summed E-state index contributed by atoms with van der Waals surface area (Å²) in [7, 11) is 0. The lowest BCUT2D eigenvalue weighted by Gasteiger charge is -2.38. The molecule has 1 saturated heterocycles. The van der Waals surface area contributed by atoms with Crippen LogP contribution in [-0.4, -0.2) is 40.9 Å². The van der Waals surface area contributed by atoms with Crippen molar-refractivity contribution in [3.05, 3.63) is 11.6 Å². The van der Waals surface area contributed by atoms with Gasteiger partial charge in [0, 0.05) is 12.0 Å². The van der Waals surface area contributed by atoms with Crippen LogP contribution in [0.25, 0.3) is 0 Å². The summed E-state index contributed by atoms with van der Waals surface area (Å²) in [4.78, 5) is 13.4. The van der Waals surface area contributed by atoms with Crippen LogP contribution >= 0.6 is 0 Å². The number of hydrogen-bond donors (Lipinski definition) is 1. The average Bonchev–Trinajstić information content (AvgIpc) is 2.73. The van der Waals surface area contributed by atoms with Crippen molar-refractivity contribution >= 4 is 5.97 Å². The maximum Gasteiger partial charge on any atom is 0.323 e. The number of carboxylic acid groups (broad SMARTS) is 1. The Balaban J connectivity index is 2.18. The molecule has 108 valence electrons. The zero-order chi connectivity index (χ0) is 14.2. The molecule has 0 amide bonds. The van der Waals surface area contributed by atoms with Crippen LogP contribution in [0, 0.1) is 11.8 Å². The van der Waals surface area contributed by atoms with Gasteiger partial charge in [0.1, 0.15) is 12.3 Å². The summed E-state index contributed by atoms with van der Waals surface area (Å²) in [6.45, 7) is 8.79. The number of allylic oxidation sites excluding steroid dienone is 2. The Morgan fingerprint density at radius 3 is 2.74 bits per heavy atom. The van der Waals surface area contributed by atoms with Crippen molar-refractivity contribution in [1.29, 1.82) is 0 Å². The zero-order valence-corrected chi connectivity index (χ0v) is 12.3. The molecule has 0 spiro atoms. The first-order valence-corrected chi connectivity index (χ1v) is 7.21. The summed E-state index contributed by atoms with van der Waals surface area (Å²) in [6.07, 6.45) is 4.44. The molecule has 2 aliphatic rings. The quantitative estimate of drug-likeness (QED) is 0.798. The molecule has 19 heavy (non-hydrogen) atoms. The van der Waals surface area contributed by atoms with Crippen molar-refractivity contribution in [2.45, 2.75) is 58.8 Å². The number of hydrogen-bond acceptors (Lipinski definition) is 3. The van der Waals surface area contributed by atoms with E-state index in [1.807, 2.05) is 18.7 Å². The van der Waals surface area contributed by atoms with Gasteiger partial charge in [-0.2, -0.15) is 0 Å². The van der Waals surface area contributed by atoms with Crippen LogP contribution in [0.15, 0.2) is 11.6 Å². The zero-order valence-electron chi connectivity index (χ0n) is 12.3. The summed E-state index contributed by atoms with van der Waals surface area (Å²) in [5.74, 6) is 0.0781. The third-order valence-corrected chi connectivity index (χ3v) is 4.42. The van der Waals surface area contributed by atoms with Gasteiger partial charge in [-0.05, 0) is 39.5 Å². The predicted molar refractivity (Wildman–Crippen MR) is 73.8 cm³/mol. The first kappa shape index (κ1) is 14.5. The van der Waals surface area contributed by atoms with Crippen LogP contribution in [-0.2, 0) is 9.53 Å². The van der Waals surface area contributed by atoms with Gasteiger partial charge in [-0.25, -0.2) is 0 Å². The third-order valence-electron chi connectivity index (χ3n) is 4.42. The second kappa shape index (κ2) is 5.63. The normalized spacial score (nSPS) is 36.6. The average molecular weight is 267 g/mol. The first-order chi connectivity index (χ1) is 8.91. The van der Waals surface area contributed by atoms with Gasteiger partial charge in [-0.3, -0.25) is 9.69 Å². The van der Waals surface area contributed by atoms with E-state index in [1.165, 1.54) is 5.57 Å². The summed E-state index contributed by atoms with van der Waals surface area (Å²) in [5, 5.41) is 9.32. The number of aliphatic carboxylic acids is 1. The fourth-order valence-electron chi connectivity index (χ4n) is 3.45. The van der Waals surface area contributed by atoms with E-state index in [1.54, 1.807) is 0 Å². The molecule has 0 radical (unpaired) electrons. The lowest BCUT2D eigenvalue weighted by Crippen LogP contribution is -2.49. The molecular weight excluding hydrogens is 242 g/mol. The van der Waals surface area contributed by atoms with Crippen LogP contribution in [0.2, 0.25) is 0 Å². The molecule has 0 aromatic heterocycles. The molecule has 1 heterocycles. The van der Waals surface area contributed by atoms with Crippen LogP contribution in [0.5, 0.6) is 0 Å². The van der Waals surface area contributed by atoms with E-state index in [0.717, 1.165) is 12.8 Å². The van der Waals surface area contributed by atoms with E-state index in [0.29, 0.717) is 18.4 Å². The van der Waals surface area contributed by atoms with Gasteiger partial charge in [0.2, 0.25) is 0 Å². The second-order valence-corrected chi connectivity index (χ2v) is 6.19. The van der Waals surface area contributed by atoms with Crippen molar-refractivity contribution in [2.24, 2.45) is 11.8 Å². The number of ether oxygens (including phenoxy) is 1. The summed E-state index contributed by atoms with van der Waals surface area (Å²) in [5.41, 5.74) is 1.44. The van der Waals surface area contributed by atoms with Crippen LogP contribution in [0.4, 0.5) is 0 Å². The van der Waals surface area contributed by atoms with E-state index in [-0.39, 0.29) is 12.3 Å². The van der Waals surface area contributed by atoms with Gasteiger partial charge < -0.3 is 9.84 Å². The minimum atomic E-state index is -0.772. The smallest absolute Gasteiger partial charge is 0.323 e. The maximum atomic E-state index is 11.3. The standard InChI is InChI=1S/C15H25NO3/c1-9(2)16-13(15(17)18)8-19-14(16)12-6-5-10(3)7-11(12)4/h7,9,11-14H,5-6,8H2,1-4H3,(H,17,18). The fraction of sp³-hybridized carbons (Fsp3) is 0.800. The van der Waals surface area contributed by atoms with Crippen LogP contribution < -0.4 is 0 Å². The van der Waals surface area contributed by atoms with Crippen molar-refractivity contribution in [3.63, 3.8) is 0 Å². The van der Waals surface area contributed by atoms with Gasteiger partial charge in [0.05, 0.1) is 6.61 Å². The maximum absolute atomic E-state index is 11.3. The number of rotatable bonds is 3. The lowest BCUT2D eigenvalue weighted by molar-refractivity contribution is -0.143. The highest BCUT2D eigenvalue weighted by Crippen LogP contribution is 2.37. The monoisotopic (exact) mass is 267 g/mol. The van der Waals surface area contributed by atoms with Gasteiger partial charge in [-0.15, -0.1) is 0 Å². The molecule has 1 aliphatic heterocycles. The molecule has 4 atom stereocenters. The van der Waals surface area contributed by atoms with E-state index in [2.05, 4.69) is 19.9 Å². The highest BCUT2D eigenvalue weighted by atomic mass is 16.5. The Morgan fingerprint density at radius 1 is 1.53 bits per heavy atom. The van der Waals surface area contributed by atoms with Crippen molar-refractivity contribution in [2.75, 3.05) is 6.61 Å². The van der Waals surface area contributed by atoms with E-state index in [4.69, 9.17) is 4.74 Å². The van der Waals surface area contributed by atoms with Crippen LogP contribution in [0.1, 0.15) is 40.5 Å².